The third-order valence-corrected chi connectivity index (χ3v) is 13.7. The molecule has 0 amide bonds. The van der Waals surface area contributed by atoms with E-state index in [1.54, 1.807) is 11.3 Å². The SMILES string of the molecule is C1=C(c2nc(-c3ccc(-c4ccccc4)cc3)nc(-c3cccc4c3sc3ccccc34)n2)C2c3ccccc3OC2C(n2c3ccccc3c3cc4ccccc4cc32)=C1. The van der Waals surface area contributed by atoms with E-state index in [4.69, 9.17) is 19.7 Å². The van der Waals surface area contributed by atoms with Crippen LogP contribution in [0.2, 0.25) is 0 Å². The molecular weight excluding hydrogens is 765 g/mol. The summed E-state index contributed by atoms with van der Waals surface area (Å²) >= 11 is 1.79. The third-order valence-electron chi connectivity index (χ3n) is 12.5. The Morgan fingerprint density at radius 2 is 1.15 bits per heavy atom. The van der Waals surface area contributed by atoms with Gasteiger partial charge < -0.3 is 9.30 Å². The molecule has 0 saturated carbocycles. The number of ether oxygens (including phenoxy) is 1. The number of rotatable bonds is 5. The first-order valence-corrected chi connectivity index (χ1v) is 21.5. The predicted octanol–water partition coefficient (Wildman–Crippen LogP) is 14.0. The number of hydrogen-bond donors (Lipinski definition) is 0. The second-order valence-electron chi connectivity index (χ2n) is 15.9. The molecule has 1 aliphatic carbocycles. The van der Waals surface area contributed by atoms with Crippen LogP contribution in [0.3, 0.4) is 0 Å². The molecule has 0 bridgehead atoms. The van der Waals surface area contributed by atoms with Gasteiger partial charge in [-0.1, -0.05) is 152 Å². The Morgan fingerprint density at radius 3 is 2.03 bits per heavy atom. The first-order valence-electron chi connectivity index (χ1n) is 20.7. The highest BCUT2D eigenvalue weighted by Gasteiger charge is 2.43. The first kappa shape index (κ1) is 34.2. The predicted molar refractivity (Wildman–Crippen MR) is 252 cm³/mol. The Bertz CT molecular complexity index is 3640. The fraction of sp³-hybridized carbons (Fsp3) is 0.0364. The molecular formula is C55H34N4OS. The van der Waals surface area contributed by atoms with E-state index in [1.165, 1.54) is 42.6 Å². The van der Waals surface area contributed by atoms with Crippen molar-refractivity contribution in [1.29, 1.82) is 0 Å². The van der Waals surface area contributed by atoms with E-state index in [-0.39, 0.29) is 12.0 Å². The minimum atomic E-state index is -0.331. The number of thiophene rings is 1. The number of benzene rings is 8. The van der Waals surface area contributed by atoms with E-state index >= 15 is 0 Å². The summed E-state index contributed by atoms with van der Waals surface area (Å²) in [7, 11) is 0. The number of fused-ring (bicyclic) bond motifs is 10. The molecule has 3 aromatic heterocycles. The van der Waals surface area contributed by atoms with Gasteiger partial charge in [0.2, 0.25) is 0 Å². The molecule has 2 unspecified atom stereocenters. The number of hydrogen-bond acceptors (Lipinski definition) is 5. The molecule has 0 radical (unpaired) electrons. The zero-order chi connectivity index (χ0) is 40.0. The van der Waals surface area contributed by atoms with Gasteiger partial charge >= 0.3 is 0 Å². The van der Waals surface area contributed by atoms with Crippen LogP contribution in [0.25, 0.3) is 97.9 Å². The van der Waals surface area contributed by atoms with Gasteiger partial charge in [0.15, 0.2) is 23.6 Å². The Hall–Kier alpha value is -7.67. The molecule has 0 N–H and O–H groups in total. The van der Waals surface area contributed by atoms with Gasteiger partial charge in [-0.3, -0.25) is 0 Å². The van der Waals surface area contributed by atoms with Crippen LogP contribution in [-0.4, -0.2) is 25.6 Å². The molecule has 8 aromatic carbocycles. The van der Waals surface area contributed by atoms with Crippen molar-refractivity contribution >= 4 is 75.4 Å². The van der Waals surface area contributed by atoms with Crippen molar-refractivity contribution in [3.63, 3.8) is 0 Å². The normalized spacial score (nSPS) is 15.9. The summed E-state index contributed by atoms with van der Waals surface area (Å²) in [6.45, 7) is 0. The second-order valence-corrected chi connectivity index (χ2v) is 16.9. The highest BCUT2D eigenvalue weighted by molar-refractivity contribution is 7.26. The standard InChI is InChI=1S/C55H34N4OS/c1-2-13-33(14-3-1)34-25-27-35(28-26-34)53-56-54(58-55(57-53)43-21-12-20-40-39-18-8-11-24-49(39)61-52(40)43)42-29-30-46(51-50(42)41-19-7-10-23-48(41)60-51)59-45-22-9-6-17-38(45)44-31-36-15-4-5-16-37(36)32-47(44)59/h1-32,50-51H. The van der Waals surface area contributed by atoms with Gasteiger partial charge in [0.05, 0.1) is 22.6 Å². The quantitative estimate of drug-likeness (QED) is 0.174. The molecule has 61 heavy (non-hydrogen) atoms. The lowest BCUT2D eigenvalue weighted by Gasteiger charge is -2.29. The average molecular weight is 799 g/mol. The summed E-state index contributed by atoms with van der Waals surface area (Å²) in [6, 6.07) is 64.5. The van der Waals surface area contributed by atoms with Gasteiger partial charge in [-0.05, 0) is 64.4 Å². The van der Waals surface area contributed by atoms with Gasteiger partial charge in [0.1, 0.15) is 5.75 Å². The van der Waals surface area contributed by atoms with Crippen LogP contribution in [0.15, 0.2) is 194 Å². The maximum Gasteiger partial charge on any atom is 0.165 e. The Morgan fingerprint density at radius 1 is 0.475 bits per heavy atom. The fourth-order valence-electron chi connectivity index (χ4n) is 9.62. The third kappa shape index (κ3) is 5.36. The molecule has 2 aliphatic rings. The molecule has 0 saturated heterocycles. The molecule has 0 spiro atoms. The van der Waals surface area contributed by atoms with E-state index < -0.39 is 0 Å². The molecule has 0 fully saturated rings. The number of aromatic nitrogens is 4. The van der Waals surface area contributed by atoms with Crippen LogP contribution in [-0.2, 0) is 0 Å². The average Bonchev–Trinajstić information content (AvgIpc) is 4.01. The number of para-hydroxylation sites is 2. The summed E-state index contributed by atoms with van der Waals surface area (Å²) < 4.78 is 11.9. The van der Waals surface area contributed by atoms with Crippen LogP contribution in [0, 0.1) is 0 Å². The molecule has 6 heteroatoms. The van der Waals surface area contributed by atoms with Crippen LogP contribution < -0.4 is 4.74 Å². The van der Waals surface area contributed by atoms with Crippen LogP contribution in [0.5, 0.6) is 5.75 Å². The monoisotopic (exact) mass is 798 g/mol. The minimum Gasteiger partial charge on any atom is -0.483 e. The molecule has 11 aromatic rings. The molecule has 2 atom stereocenters. The van der Waals surface area contributed by atoms with Gasteiger partial charge in [0, 0.05) is 53.2 Å². The van der Waals surface area contributed by atoms with E-state index in [2.05, 4.69) is 193 Å². The van der Waals surface area contributed by atoms with Gasteiger partial charge in [0.25, 0.3) is 0 Å². The lowest BCUT2D eigenvalue weighted by atomic mass is 9.82. The Kier molecular flexibility index (Phi) is 7.53. The Labute approximate surface area is 355 Å². The zero-order valence-electron chi connectivity index (χ0n) is 32.7. The van der Waals surface area contributed by atoms with E-state index in [1.807, 2.05) is 6.07 Å². The maximum atomic E-state index is 7.06. The number of nitrogens with zero attached hydrogens (tertiary/aromatic N) is 4. The highest BCUT2D eigenvalue weighted by atomic mass is 32.1. The fourth-order valence-corrected chi connectivity index (χ4v) is 10.8. The Balaban J connectivity index is 1.04. The van der Waals surface area contributed by atoms with Crippen molar-refractivity contribution in [3.8, 4) is 39.7 Å². The minimum absolute atomic E-state index is 0.170. The smallest absolute Gasteiger partial charge is 0.165 e. The van der Waals surface area contributed by atoms with Crippen molar-refractivity contribution < 1.29 is 4.74 Å². The van der Waals surface area contributed by atoms with E-state index in [0.29, 0.717) is 17.5 Å². The van der Waals surface area contributed by atoms with E-state index in [0.717, 1.165) is 55.0 Å². The van der Waals surface area contributed by atoms with Crippen molar-refractivity contribution in [2.45, 2.75) is 12.0 Å². The second kappa shape index (κ2) is 13.4. The molecule has 286 valence electrons. The van der Waals surface area contributed by atoms with Crippen molar-refractivity contribution in [3.05, 3.63) is 206 Å². The summed E-state index contributed by atoms with van der Waals surface area (Å²) in [5.74, 6) is 2.63. The summed E-state index contributed by atoms with van der Waals surface area (Å²) in [5, 5.41) is 7.31. The molecule has 1 aliphatic heterocycles. The van der Waals surface area contributed by atoms with Gasteiger partial charge in [-0.2, -0.15) is 0 Å². The van der Waals surface area contributed by atoms with Crippen LogP contribution in [0.1, 0.15) is 17.3 Å². The zero-order valence-corrected chi connectivity index (χ0v) is 33.6. The van der Waals surface area contributed by atoms with Gasteiger partial charge in [-0.15, -0.1) is 11.3 Å². The van der Waals surface area contributed by atoms with Crippen molar-refractivity contribution in [2.24, 2.45) is 0 Å². The number of allylic oxidation sites excluding steroid dienone is 2. The molecule has 5 nitrogen and oxygen atoms in total. The first-order chi connectivity index (χ1) is 30.2. The molecule has 13 rings (SSSR count). The molecule has 4 heterocycles. The largest absolute Gasteiger partial charge is 0.483 e. The van der Waals surface area contributed by atoms with Gasteiger partial charge in [-0.25, -0.2) is 15.0 Å². The summed E-state index contributed by atoms with van der Waals surface area (Å²) in [5.41, 5.74) is 9.73. The van der Waals surface area contributed by atoms with Crippen molar-refractivity contribution in [1.82, 2.24) is 19.5 Å². The lowest BCUT2D eigenvalue weighted by Crippen LogP contribution is -2.27. The summed E-state index contributed by atoms with van der Waals surface area (Å²) in [4.78, 5) is 16.0. The van der Waals surface area contributed by atoms with Crippen LogP contribution >= 0.6 is 11.3 Å². The summed E-state index contributed by atoms with van der Waals surface area (Å²) in [6.07, 6.45) is 4.13. The van der Waals surface area contributed by atoms with Crippen LogP contribution in [0.4, 0.5) is 0 Å². The maximum absolute atomic E-state index is 7.06. The lowest BCUT2D eigenvalue weighted by molar-refractivity contribution is 0.275. The topological polar surface area (TPSA) is 52.8 Å². The van der Waals surface area contributed by atoms with E-state index in [9.17, 15) is 0 Å². The highest BCUT2D eigenvalue weighted by Crippen LogP contribution is 2.52. The van der Waals surface area contributed by atoms with Crippen molar-refractivity contribution in [2.75, 3.05) is 0 Å².